The second-order valence-electron chi connectivity index (χ2n) is 8.14. The number of hydrogen-bond donors (Lipinski definition) is 3. The number of benzene rings is 1. The molecule has 0 fully saturated rings. The Kier molecular flexibility index (Phi) is 7.22. The highest BCUT2D eigenvalue weighted by Gasteiger charge is 2.17. The van der Waals surface area contributed by atoms with Crippen molar-refractivity contribution in [2.24, 2.45) is 0 Å². The molecule has 0 aliphatic rings. The van der Waals surface area contributed by atoms with Crippen LogP contribution < -0.4 is 15.1 Å². The van der Waals surface area contributed by atoms with E-state index in [1.807, 2.05) is 0 Å². The predicted molar refractivity (Wildman–Crippen MR) is 123 cm³/mol. The summed E-state index contributed by atoms with van der Waals surface area (Å²) < 4.78 is 0. The Labute approximate surface area is 178 Å². The van der Waals surface area contributed by atoms with Gasteiger partial charge in [0.25, 0.3) is 0 Å². The molecule has 0 bridgehead atoms. The molecule has 0 radical (unpaired) electrons. The van der Waals surface area contributed by atoms with Gasteiger partial charge in [-0.3, -0.25) is 0 Å². The second kappa shape index (κ2) is 9.65. The van der Waals surface area contributed by atoms with E-state index in [1.54, 1.807) is 11.3 Å². The molecule has 0 saturated carbocycles. The lowest BCUT2D eigenvalue weighted by Gasteiger charge is -2.15. The summed E-state index contributed by atoms with van der Waals surface area (Å²) in [5.74, 6) is 1.91. The first kappa shape index (κ1) is 21.7. The van der Waals surface area contributed by atoms with Gasteiger partial charge in [0.15, 0.2) is 5.82 Å². The summed E-state index contributed by atoms with van der Waals surface area (Å²) in [5, 5.41) is 4.79. The highest BCUT2D eigenvalue weighted by Crippen LogP contribution is 2.33. The fourth-order valence-corrected chi connectivity index (χ4v) is 4.64. The fraction of sp³-hybridized carbons (Fsp3) is 0.478. The van der Waals surface area contributed by atoms with Crippen molar-refractivity contribution in [2.75, 3.05) is 32.5 Å². The van der Waals surface area contributed by atoms with Gasteiger partial charge in [0, 0.05) is 17.0 Å². The lowest BCUT2D eigenvalue weighted by atomic mass is 10.1. The first-order valence-electron chi connectivity index (χ1n) is 10.6. The Hall–Kier alpha value is -2.02. The van der Waals surface area contributed by atoms with Crippen LogP contribution in [0, 0.1) is 13.8 Å². The third-order valence-corrected chi connectivity index (χ3v) is 6.62. The maximum atomic E-state index is 4.94. The monoisotopic (exact) mass is 413 g/mol. The number of aromatic nitrogens is 2. The van der Waals surface area contributed by atoms with Gasteiger partial charge in [-0.05, 0) is 38.8 Å². The number of anilines is 1. The van der Waals surface area contributed by atoms with E-state index in [0.29, 0.717) is 0 Å². The number of aryl methyl sites for hydroxylation is 2. The summed E-state index contributed by atoms with van der Waals surface area (Å²) >= 11 is 1.78. The summed E-state index contributed by atoms with van der Waals surface area (Å²) in [6, 6.07) is 8.90. The van der Waals surface area contributed by atoms with Crippen LogP contribution in [0.5, 0.6) is 0 Å². The molecule has 0 aliphatic carbocycles. The van der Waals surface area contributed by atoms with Crippen LogP contribution in [0.1, 0.15) is 41.2 Å². The number of thiophene rings is 1. The van der Waals surface area contributed by atoms with Crippen LogP contribution in [0.15, 0.2) is 24.3 Å². The molecule has 0 spiro atoms. The van der Waals surface area contributed by atoms with Crippen molar-refractivity contribution in [1.29, 1.82) is 0 Å². The van der Waals surface area contributed by atoms with E-state index in [1.165, 1.54) is 36.8 Å². The predicted octanol–water partition coefficient (Wildman–Crippen LogP) is 1.99. The van der Waals surface area contributed by atoms with Gasteiger partial charge >= 0.3 is 0 Å². The molecule has 5 nitrogen and oxygen atoms in total. The average Bonchev–Trinajstić information content (AvgIpc) is 2.98. The number of nitrogens with one attached hydrogen (secondary N) is 3. The van der Waals surface area contributed by atoms with E-state index in [4.69, 9.17) is 9.97 Å². The van der Waals surface area contributed by atoms with E-state index in [-0.39, 0.29) is 0 Å². The van der Waals surface area contributed by atoms with Crippen molar-refractivity contribution in [3.05, 3.63) is 51.7 Å². The molecule has 0 saturated heterocycles. The zero-order valence-corrected chi connectivity index (χ0v) is 19.5. The SMILES string of the molecule is CC[NH+](CC)Cc1nc(NCc2ccc(C[NH+](C)C)cc2)c2c(C)c(C)sc2n1. The van der Waals surface area contributed by atoms with E-state index in [9.17, 15) is 0 Å². The third-order valence-electron chi connectivity index (χ3n) is 5.52. The van der Waals surface area contributed by atoms with E-state index in [0.717, 1.165) is 49.2 Å². The van der Waals surface area contributed by atoms with Crippen LogP contribution in [-0.4, -0.2) is 37.2 Å². The first-order valence-corrected chi connectivity index (χ1v) is 11.4. The maximum Gasteiger partial charge on any atom is 0.187 e. The minimum absolute atomic E-state index is 0.771. The minimum Gasteiger partial charge on any atom is -0.365 e. The zero-order chi connectivity index (χ0) is 21.0. The Balaban J connectivity index is 1.84. The molecule has 2 heterocycles. The van der Waals surface area contributed by atoms with Crippen molar-refractivity contribution in [3.8, 4) is 0 Å². The van der Waals surface area contributed by atoms with Crippen LogP contribution in [0.3, 0.4) is 0 Å². The molecule has 0 aliphatic heterocycles. The summed E-state index contributed by atoms with van der Waals surface area (Å²) in [6.07, 6.45) is 0. The molecule has 6 heteroatoms. The van der Waals surface area contributed by atoms with Gasteiger partial charge in [-0.2, -0.15) is 0 Å². The van der Waals surface area contributed by atoms with Crippen LogP contribution in [-0.2, 0) is 19.6 Å². The van der Waals surface area contributed by atoms with Gasteiger partial charge < -0.3 is 15.1 Å². The van der Waals surface area contributed by atoms with Gasteiger partial charge in [0.2, 0.25) is 0 Å². The van der Waals surface area contributed by atoms with Crippen LogP contribution in [0.2, 0.25) is 0 Å². The smallest absolute Gasteiger partial charge is 0.187 e. The van der Waals surface area contributed by atoms with E-state index < -0.39 is 0 Å². The summed E-state index contributed by atoms with van der Waals surface area (Å²) in [7, 11) is 4.36. The fourth-order valence-electron chi connectivity index (χ4n) is 3.59. The molecular weight excluding hydrogens is 378 g/mol. The number of fused-ring (bicyclic) bond motifs is 1. The molecule has 3 aromatic rings. The molecular formula is C23H35N5S+2. The molecule has 0 atom stereocenters. The largest absolute Gasteiger partial charge is 0.365 e. The second-order valence-corrected chi connectivity index (χ2v) is 9.34. The third kappa shape index (κ3) is 5.32. The van der Waals surface area contributed by atoms with Crippen LogP contribution in [0.25, 0.3) is 10.2 Å². The van der Waals surface area contributed by atoms with Gasteiger partial charge in [0.1, 0.15) is 23.7 Å². The molecule has 0 amide bonds. The minimum atomic E-state index is 0.771. The topological polar surface area (TPSA) is 46.7 Å². The summed E-state index contributed by atoms with van der Waals surface area (Å²) in [5.41, 5.74) is 3.93. The van der Waals surface area contributed by atoms with Crippen molar-refractivity contribution < 1.29 is 9.80 Å². The van der Waals surface area contributed by atoms with Gasteiger partial charge in [-0.15, -0.1) is 11.3 Å². The normalized spacial score (nSPS) is 11.7. The number of rotatable bonds is 9. The number of quaternary nitrogens is 2. The summed E-state index contributed by atoms with van der Waals surface area (Å²) in [4.78, 5) is 15.2. The summed E-state index contributed by atoms with van der Waals surface area (Å²) in [6.45, 7) is 13.7. The van der Waals surface area contributed by atoms with Gasteiger partial charge in [-0.25, -0.2) is 9.97 Å². The molecule has 3 N–H and O–H groups in total. The standard InChI is InChI=1S/C23H33N5S/c1-7-28(8-2)15-20-25-22(21-16(3)17(4)29-23(21)26-20)24-13-18-9-11-19(12-10-18)14-27(5)6/h9-12H,7-8,13-15H2,1-6H3,(H,24,25,26)/p+2. The molecule has 2 aromatic heterocycles. The zero-order valence-electron chi connectivity index (χ0n) is 18.6. The molecule has 1 aromatic carbocycles. The van der Waals surface area contributed by atoms with E-state index in [2.05, 4.69) is 71.4 Å². The highest BCUT2D eigenvalue weighted by molar-refractivity contribution is 7.18. The van der Waals surface area contributed by atoms with Crippen LogP contribution >= 0.6 is 11.3 Å². The maximum absolute atomic E-state index is 4.94. The Morgan fingerprint density at radius 1 is 0.931 bits per heavy atom. The Bertz CT molecular complexity index is 942. The molecule has 156 valence electrons. The van der Waals surface area contributed by atoms with Crippen molar-refractivity contribution >= 4 is 27.4 Å². The van der Waals surface area contributed by atoms with Crippen molar-refractivity contribution in [1.82, 2.24) is 9.97 Å². The number of hydrogen-bond acceptors (Lipinski definition) is 4. The van der Waals surface area contributed by atoms with Crippen molar-refractivity contribution in [2.45, 2.75) is 47.3 Å². The Morgan fingerprint density at radius 2 is 1.59 bits per heavy atom. The van der Waals surface area contributed by atoms with Crippen molar-refractivity contribution in [3.63, 3.8) is 0 Å². The van der Waals surface area contributed by atoms with E-state index >= 15 is 0 Å². The molecule has 3 rings (SSSR count). The average molecular weight is 414 g/mol. The lowest BCUT2D eigenvalue weighted by molar-refractivity contribution is -0.910. The molecule has 29 heavy (non-hydrogen) atoms. The lowest BCUT2D eigenvalue weighted by Crippen LogP contribution is -3.10. The van der Waals surface area contributed by atoms with Crippen LogP contribution in [0.4, 0.5) is 5.82 Å². The Morgan fingerprint density at radius 3 is 2.21 bits per heavy atom. The first-order chi connectivity index (χ1) is 13.9. The van der Waals surface area contributed by atoms with Gasteiger partial charge in [-0.1, -0.05) is 24.3 Å². The molecule has 0 unspecified atom stereocenters. The van der Waals surface area contributed by atoms with Gasteiger partial charge in [0.05, 0.1) is 32.6 Å². The highest BCUT2D eigenvalue weighted by atomic mass is 32.1. The quantitative estimate of drug-likeness (QED) is 0.503. The number of nitrogens with zero attached hydrogens (tertiary/aromatic N) is 2.